The maximum absolute atomic E-state index is 13.5. The molecular formula is C20H19ClFN5. The summed E-state index contributed by atoms with van der Waals surface area (Å²) >= 11 is 6.35. The van der Waals surface area contributed by atoms with Crippen LogP contribution in [0.2, 0.25) is 5.02 Å². The highest BCUT2D eigenvalue weighted by Crippen LogP contribution is 2.36. The molecule has 0 aliphatic rings. The van der Waals surface area contributed by atoms with Crippen LogP contribution in [0.5, 0.6) is 0 Å². The second-order valence-electron chi connectivity index (χ2n) is 6.71. The fraction of sp³-hybridized carbons (Fsp3) is 0.200. The summed E-state index contributed by atoms with van der Waals surface area (Å²) in [7, 11) is 5.87. The van der Waals surface area contributed by atoms with Gasteiger partial charge in [-0.1, -0.05) is 11.6 Å². The number of hydrogen-bond acceptors (Lipinski definition) is 3. The normalized spacial score (nSPS) is 11.3. The third-order valence-corrected chi connectivity index (χ3v) is 4.98. The summed E-state index contributed by atoms with van der Waals surface area (Å²) in [6.45, 7) is 1.92. The van der Waals surface area contributed by atoms with Gasteiger partial charge in [0.25, 0.3) is 0 Å². The number of fused-ring (bicyclic) bond motifs is 1. The molecule has 4 aromatic rings. The van der Waals surface area contributed by atoms with Gasteiger partial charge in [0.05, 0.1) is 21.7 Å². The van der Waals surface area contributed by atoms with E-state index in [9.17, 15) is 4.39 Å². The van der Waals surface area contributed by atoms with Crippen molar-refractivity contribution in [2.45, 2.75) is 6.92 Å². The summed E-state index contributed by atoms with van der Waals surface area (Å²) < 4.78 is 17.3. The summed E-state index contributed by atoms with van der Waals surface area (Å²) in [4.78, 5) is 6.60. The highest BCUT2D eigenvalue weighted by atomic mass is 35.5. The minimum atomic E-state index is -0.365. The third-order valence-electron chi connectivity index (χ3n) is 4.67. The van der Waals surface area contributed by atoms with Crippen molar-refractivity contribution >= 4 is 28.3 Å². The van der Waals surface area contributed by atoms with Gasteiger partial charge in [0, 0.05) is 38.0 Å². The minimum Gasteiger partial charge on any atom is -0.378 e. The molecule has 27 heavy (non-hydrogen) atoms. The molecule has 138 valence electrons. The molecule has 0 amide bonds. The summed E-state index contributed by atoms with van der Waals surface area (Å²) in [6, 6.07) is 10.5. The number of nitrogens with zero attached hydrogens (tertiary/aromatic N) is 5. The van der Waals surface area contributed by atoms with E-state index in [2.05, 4.69) is 10.1 Å². The average Bonchev–Trinajstić information content (AvgIpc) is 3.14. The van der Waals surface area contributed by atoms with Crippen molar-refractivity contribution in [1.82, 2.24) is 19.3 Å². The second kappa shape index (κ2) is 6.39. The summed E-state index contributed by atoms with van der Waals surface area (Å²) in [5, 5.41) is 4.92. The Morgan fingerprint density at radius 2 is 1.89 bits per heavy atom. The highest BCUT2D eigenvalue weighted by molar-refractivity contribution is 6.33. The topological polar surface area (TPSA) is 38.9 Å². The van der Waals surface area contributed by atoms with Gasteiger partial charge in [0.1, 0.15) is 18.0 Å². The van der Waals surface area contributed by atoms with Crippen molar-refractivity contribution in [3.8, 4) is 16.9 Å². The lowest BCUT2D eigenvalue weighted by atomic mass is 10.1. The Labute approximate surface area is 161 Å². The Hall–Kier alpha value is -2.86. The Kier molecular flexibility index (Phi) is 4.15. The lowest BCUT2D eigenvalue weighted by Crippen LogP contribution is -2.08. The van der Waals surface area contributed by atoms with Gasteiger partial charge in [-0.3, -0.25) is 9.25 Å². The van der Waals surface area contributed by atoms with E-state index in [0.29, 0.717) is 5.02 Å². The van der Waals surface area contributed by atoms with Gasteiger partial charge >= 0.3 is 0 Å². The molecular weight excluding hydrogens is 365 g/mol. The van der Waals surface area contributed by atoms with Crippen LogP contribution in [-0.4, -0.2) is 33.4 Å². The van der Waals surface area contributed by atoms with E-state index in [-0.39, 0.29) is 5.82 Å². The van der Waals surface area contributed by atoms with Crippen molar-refractivity contribution < 1.29 is 4.39 Å². The largest absolute Gasteiger partial charge is 0.378 e. The van der Waals surface area contributed by atoms with Gasteiger partial charge in [-0.25, -0.2) is 9.37 Å². The number of aromatic nitrogens is 4. The summed E-state index contributed by atoms with van der Waals surface area (Å²) in [5.41, 5.74) is 5.34. The molecule has 0 unspecified atom stereocenters. The molecule has 0 radical (unpaired) electrons. The maximum Gasteiger partial charge on any atom is 0.144 e. The van der Waals surface area contributed by atoms with E-state index >= 15 is 0 Å². The van der Waals surface area contributed by atoms with Gasteiger partial charge in [0.2, 0.25) is 0 Å². The lowest BCUT2D eigenvalue weighted by Gasteiger charge is -2.13. The number of aryl methyl sites for hydroxylation is 2. The second-order valence-corrected chi connectivity index (χ2v) is 7.12. The molecule has 0 saturated heterocycles. The Morgan fingerprint density at radius 1 is 1.11 bits per heavy atom. The Balaban J connectivity index is 1.97. The molecule has 2 aromatic carbocycles. The van der Waals surface area contributed by atoms with Gasteiger partial charge < -0.3 is 4.90 Å². The lowest BCUT2D eigenvalue weighted by molar-refractivity contribution is 0.628. The van der Waals surface area contributed by atoms with E-state index in [4.69, 9.17) is 11.6 Å². The van der Waals surface area contributed by atoms with Gasteiger partial charge in [-0.05, 0) is 43.3 Å². The van der Waals surface area contributed by atoms with E-state index in [1.807, 2.05) is 55.7 Å². The van der Waals surface area contributed by atoms with Crippen LogP contribution in [0.3, 0.4) is 0 Å². The van der Waals surface area contributed by atoms with E-state index in [1.165, 1.54) is 12.1 Å². The first kappa shape index (κ1) is 17.5. The fourth-order valence-electron chi connectivity index (χ4n) is 3.38. The smallest absolute Gasteiger partial charge is 0.144 e. The van der Waals surface area contributed by atoms with Crippen LogP contribution in [0, 0.1) is 12.7 Å². The Bertz CT molecular complexity index is 1160. The predicted molar refractivity (Wildman–Crippen MR) is 107 cm³/mol. The zero-order chi connectivity index (χ0) is 19.3. The van der Waals surface area contributed by atoms with Crippen molar-refractivity contribution in [3.63, 3.8) is 0 Å². The van der Waals surface area contributed by atoms with Crippen LogP contribution >= 0.6 is 11.6 Å². The highest BCUT2D eigenvalue weighted by Gasteiger charge is 2.21. The monoisotopic (exact) mass is 383 g/mol. The van der Waals surface area contributed by atoms with Crippen LogP contribution in [-0.2, 0) is 7.05 Å². The molecule has 0 aliphatic carbocycles. The molecule has 7 heteroatoms. The SMILES string of the molecule is Cc1nn(C)c(-n2cnc3cc(N(C)C)ccc32)c1-c1ccc(F)cc1Cl. The van der Waals surface area contributed by atoms with Crippen molar-refractivity contribution in [2.75, 3.05) is 19.0 Å². The summed E-state index contributed by atoms with van der Waals surface area (Å²) in [5.74, 6) is 0.470. The number of benzene rings is 2. The van der Waals surface area contributed by atoms with Crippen LogP contribution in [0.4, 0.5) is 10.1 Å². The van der Waals surface area contributed by atoms with Gasteiger partial charge in [-0.15, -0.1) is 0 Å². The van der Waals surface area contributed by atoms with Gasteiger partial charge in [0.15, 0.2) is 0 Å². The standard InChI is InChI=1S/C20H19ClFN5/c1-12-19(15-7-5-13(22)9-16(15)21)20(26(4)24-12)27-11-23-17-10-14(25(2)3)6-8-18(17)27/h5-11H,1-4H3. The number of hydrogen-bond donors (Lipinski definition) is 0. The zero-order valence-corrected chi connectivity index (χ0v) is 16.3. The predicted octanol–water partition coefficient (Wildman–Crippen LogP) is 4.59. The molecule has 0 spiro atoms. The van der Waals surface area contributed by atoms with E-state index in [0.717, 1.165) is 39.4 Å². The molecule has 4 rings (SSSR count). The van der Waals surface area contributed by atoms with Crippen LogP contribution in [0.25, 0.3) is 28.0 Å². The number of imidazole rings is 1. The van der Waals surface area contributed by atoms with Crippen LogP contribution < -0.4 is 4.90 Å². The molecule has 0 saturated carbocycles. The van der Waals surface area contributed by atoms with Crippen molar-refractivity contribution in [2.24, 2.45) is 7.05 Å². The summed E-state index contributed by atoms with van der Waals surface area (Å²) in [6.07, 6.45) is 1.78. The zero-order valence-electron chi connectivity index (χ0n) is 15.5. The number of rotatable bonds is 3. The first-order valence-electron chi connectivity index (χ1n) is 8.50. The molecule has 2 heterocycles. The fourth-order valence-corrected chi connectivity index (χ4v) is 3.64. The van der Waals surface area contributed by atoms with E-state index in [1.54, 1.807) is 17.1 Å². The molecule has 0 bridgehead atoms. The van der Waals surface area contributed by atoms with E-state index < -0.39 is 0 Å². The van der Waals surface area contributed by atoms with Crippen LogP contribution in [0.15, 0.2) is 42.7 Å². The van der Waals surface area contributed by atoms with Crippen molar-refractivity contribution in [1.29, 1.82) is 0 Å². The third kappa shape index (κ3) is 2.86. The van der Waals surface area contributed by atoms with Gasteiger partial charge in [-0.2, -0.15) is 5.10 Å². The quantitative estimate of drug-likeness (QED) is 0.519. The molecule has 0 N–H and O–H groups in total. The number of anilines is 1. The first-order chi connectivity index (χ1) is 12.9. The molecule has 0 atom stereocenters. The van der Waals surface area contributed by atoms with Crippen LogP contribution in [0.1, 0.15) is 5.69 Å². The minimum absolute atomic E-state index is 0.353. The average molecular weight is 384 g/mol. The molecule has 0 fully saturated rings. The molecule has 0 aliphatic heterocycles. The maximum atomic E-state index is 13.5. The first-order valence-corrected chi connectivity index (χ1v) is 8.88. The molecule has 2 aromatic heterocycles. The Morgan fingerprint density at radius 3 is 2.59 bits per heavy atom. The van der Waals surface area contributed by atoms with Crippen molar-refractivity contribution in [3.05, 3.63) is 59.3 Å². The molecule has 5 nitrogen and oxygen atoms in total. The number of halogens is 2.